The summed E-state index contributed by atoms with van der Waals surface area (Å²) in [6.45, 7) is 4.61. The first-order chi connectivity index (χ1) is 49.9. The number of allylic oxidation sites excluding steroid dienone is 8. The van der Waals surface area contributed by atoms with Crippen molar-refractivity contribution >= 4 is 89.1 Å². The van der Waals surface area contributed by atoms with Crippen molar-refractivity contribution in [3.05, 3.63) is 388 Å². The van der Waals surface area contributed by atoms with Crippen LogP contribution in [0.2, 0.25) is 0 Å². The fraction of sp³-hybridized carbons (Fsp3) is 0.0521. The lowest BCUT2D eigenvalue weighted by atomic mass is 9.83. The standard InChI is InChI=1S/C96H67N5/c1-61-52-71-30-13-12-26-67(71)41-48-80(92(62(61)2)79-33-17-15-31-74(79)54-64-55-76(65-22-6-3-7-23-65)58-77(56-64)66-24-8-4-9-25-66)69-39-45-78(46-40-69)100-90-50-43-73(60-86(90)83-47-38-63-53-75-32-16-20-36-87(75)97-88(57-63)95(83)100)72-44-51-91-85(59-72)82-35-19-21-37-89(82)101(91)96-98-93(70-28-10-5-11-29-70)84-49-42-68-27-14-18-34-81(68)94(84)99-96/h3-40,42-52,55-60H,41,53-54H2,1-2H3/b61-52+,80-48+,92-62-. The van der Waals surface area contributed by atoms with Gasteiger partial charge >= 0.3 is 0 Å². The third-order valence-electron chi connectivity index (χ3n) is 21.0. The van der Waals surface area contributed by atoms with Crippen molar-refractivity contribution in [2.75, 3.05) is 0 Å². The molecule has 476 valence electrons. The van der Waals surface area contributed by atoms with Gasteiger partial charge in [-0.05, 0) is 205 Å². The number of rotatable bonds is 10. The van der Waals surface area contributed by atoms with Crippen molar-refractivity contribution in [1.82, 2.24) is 19.1 Å². The quantitative estimate of drug-likeness (QED) is 0.128. The minimum Gasteiger partial charge on any atom is -0.307 e. The van der Waals surface area contributed by atoms with Crippen molar-refractivity contribution in [2.45, 2.75) is 33.1 Å². The summed E-state index contributed by atoms with van der Waals surface area (Å²) in [7, 11) is 0. The van der Waals surface area contributed by atoms with Crippen LogP contribution in [0.15, 0.2) is 343 Å². The van der Waals surface area contributed by atoms with E-state index >= 15 is 0 Å². The number of para-hydroxylation sites is 2. The number of hydrogen-bond acceptors (Lipinski definition) is 3. The highest BCUT2D eigenvalue weighted by atomic mass is 15.2. The van der Waals surface area contributed by atoms with Crippen LogP contribution in [0, 0.1) is 0 Å². The number of nitrogens with zero attached hydrogens (tertiary/aromatic N) is 5. The minimum atomic E-state index is 0.639. The average Bonchev–Trinajstić information content (AvgIpc) is 1.62. The number of hydrogen-bond donors (Lipinski definition) is 0. The molecule has 0 atom stereocenters. The molecular formula is C96H67N5. The predicted octanol–water partition coefficient (Wildman–Crippen LogP) is 24.2. The van der Waals surface area contributed by atoms with E-state index in [0.717, 1.165) is 130 Å². The van der Waals surface area contributed by atoms with E-state index < -0.39 is 0 Å². The number of aliphatic imine (C=N–C) groups is 1. The Bertz CT molecular complexity index is 6210. The van der Waals surface area contributed by atoms with Gasteiger partial charge in [-0.15, -0.1) is 0 Å². The van der Waals surface area contributed by atoms with Crippen LogP contribution in [0.25, 0.3) is 134 Å². The summed E-state index contributed by atoms with van der Waals surface area (Å²) < 4.78 is 4.72. The van der Waals surface area contributed by atoms with Gasteiger partial charge in [-0.25, -0.2) is 15.0 Å². The monoisotopic (exact) mass is 1290 g/mol. The van der Waals surface area contributed by atoms with Crippen LogP contribution in [-0.2, 0) is 19.3 Å². The van der Waals surface area contributed by atoms with Gasteiger partial charge in [0.05, 0.1) is 44.9 Å². The van der Waals surface area contributed by atoms with Gasteiger partial charge in [-0.1, -0.05) is 267 Å². The summed E-state index contributed by atoms with van der Waals surface area (Å²) in [6.07, 6.45) is 14.2. The van der Waals surface area contributed by atoms with Gasteiger partial charge < -0.3 is 4.57 Å². The second kappa shape index (κ2) is 24.6. The predicted molar refractivity (Wildman–Crippen MR) is 423 cm³/mol. The Labute approximate surface area is 587 Å². The van der Waals surface area contributed by atoms with Crippen molar-refractivity contribution in [2.24, 2.45) is 4.99 Å². The van der Waals surface area contributed by atoms with Crippen LogP contribution < -0.4 is 0 Å². The zero-order chi connectivity index (χ0) is 67.1. The summed E-state index contributed by atoms with van der Waals surface area (Å²) in [5, 5.41) is 6.70. The fourth-order valence-corrected chi connectivity index (χ4v) is 16.0. The summed E-state index contributed by atoms with van der Waals surface area (Å²) in [5.41, 5.74) is 33.3. The summed E-state index contributed by atoms with van der Waals surface area (Å²) in [4.78, 5) is 16.6. The molecule has 3 aliphatic rings. The third-order valence-corrected chi connectivity index (χ3v) is 21.0. The van der Waals surface area contributed by atoms with Crippen molar-refractivity contribution in [3.8, 4) is 56.3 Å². The first kappa shape index (κ1) is 59.4. The molecule has 13 aromatic carbocycles. The molecule has 5 nitrogen and oxygen atoms in total. The van der Waals surface area contributed by atoms with Crippen LogP contribution in [0.1, 0.15) is 64.0 Å². The van der Waals surface area contributed by atoms with Crippen LogP contribution in [0.5, 0.6) is 0 Å². The lowest BCUT2D eigenvalue weighted by Gasteiger charge is -2.22. The van der Waals surface area contributed by atoms with E-state index in [9.17, 15) is 0 Å². The number of benzene rings is 13. The second-order valence-electron chi connectivity index (χ2n) is 27.1. The van der Waals surface area contributed by atoms with Gasteiger partial charge in [0.15, 0.2) is 0 Å². The van der Waals surface area contributed by atoms with Gasteiger partial charge in [0, 0.05) is 43.7 Å². The highest BCUT2D eigenvalue weighted by Crippen LogP contribution is 2.45. The average molecular weight is 1290 g/mol. The molecular weight excluding hydrogens is 1220 g/mol. The highest BCUT2D eigenvalue weighted by molar-refractivity contribution is 6.19. The molecule has 5 heteroatoms. The van der Waals surface area contributed by atoms with Crippen LogP contribution in [0.3, 0.4) is 0 Å². The Morgan fingerprint density at radius 3 is 1.81 bits per heavy atom. The Morgan fingerprint density at radius 1 is 0.416 bits per heavy atom. The smallest absolute Gasteiger partial charge is 0.235 e. The largest absolute Gasteiger partial charge is 0.307 e. The number of fused-ring (bicyclic) bond motifs is 13. The summed E-state index contributed by atoms with van der Waals surface area (Å²) >= 11 is 0. The normalized spacial score (nSPS) is 15.3. The van der Waals surface area contributed by atoms with E-state index in [1.807, 2.05) is 0 Å². The maximum Gasteiger partial charge on any atom is 0.235 e. The summed E-state index contributed by atoms with van der Waals surface area (Å²) in [5.74, 6) is 0.639. The molecule has 4 heterocycles. The molecule has 0 spiro atoms. The second-order valence-corrected chi connectivity index (χ2v) is 27.1. The van der Waals surface area contributed by atoms with E-state index in [2.05, 4.69) is 357 Å². The van der Waals surface area contributed by atoms with E-state index in [0.29, 0.717) is 5.95 Å². The Kier molecular flexibility index (Phi) is 14.5. The van der Waals surface area contributed by atoms with Gasteiger partial charge in [0.2, 0.25) is 5.95 Å². The molecule has 2 aliphatic carbocycles. The molecule has 19 rings (SSSR count). The van der Waals surface area contributed by atoms with Gasteiger partial charge in [0.25, 0.3) is 0 Å². The molecule has 16 aromatic rings. The van der Waals surface area contributed by atoms with Crippen molar-refractivity contribution < 1.29 is 0 Å². The van der Waals surface area contributed by atoms with Crippen LogP contribution >= 0.6 is 0 Å². The zero-order valence-corrected chi connectivity index (χ0v) is 56.1. The first-order valence-corrected chi connectivity index (χ1v) is 35.0. The van der Waals surface area contributed by atoms with Crippen LogP contribution in [0.4, 0.5) is 5.69 Å². The molecule has 3 aromatic heterocycles. The van der Waals surface area contributed by atoms with E-state index in [-0.39, 0.29) is 0 Å². The molecule has 0 amide bonds. The van der Waals surface area contributed by atoms with E-state index in [4.69, 9.17) is 15.0 Å². The Balaban J connectivity index is 0.751. The molecule has 0 saturated heterocycles. The Hall–Kier alpha value is -12.8. The number of aromatic nitrogens is 4. The van der Waals surface area contributed by atoms with E-state index in [1.54, 1.807) is 0 Å². The van der Waals surface area contributed by atoms with Crippen molar-refractivity contribution in [3.63, 3.8) is 0 Å². The maximum absolute atomic E-state index is 5.59. The SMILES string of the molecule is CC1=C\c2ccccc2C/C=C(c2ccc(-n3c4c(c5cc(-c6ccc7c(c6)c6ccccc6n7-c6nc(-c7ccccc7)c7ccc8ccccc8c7n6)ccc53)C=CC3=CC4=Nc4ccccc4C3)cc2)/C(c2ccccc2Cc2cc(-c3ccccc3)cc(-c3ccccc3)c2)=C\1C. The van der Waals surface area contributed by atoms with E-state index in [1.165, 1.54) is 83.5 Å². The first-order valence-electron chi connectivity index (χ1n) is 35.0. The van der Waals surface area contributed by atoms with Gasteiger partial charge in [0.1, 0.15) is 0 Å². The molecule has 2 bridgehead atoms. The lowest BCUT2D eigenvalue weighted by Crippen LogP contribution is -2.08. The van der Waals surface area contributed by atoms with Gasteiger partial charge in [-0.2, -0.15) is 0 Å². The molecule has 0 fully saturated rings. The topological polar surface area (TPSA) is 48.0 Å². The minimum absolute atomic E-state index is 0.639. The third kappa shape index (κ3) is 10.5. The Morgan fingerprint density at radius 2 is 1.04 bits per heavy atom. The fourth-order valence-electron chi connectivity index (χ4n) is 16.0. The zero-order valence-electron chi connectivity index (χ0n) is 56.1. The molecule has 0 unspecified atom stereocenters. The molecule has 0 N–H and O–H groups in total. The lowest BCUT2D eigenvalue weighted by molar-refractivity contribution is 1.02. The van der Waals surface area contributed by atoms with Crippen LogP contribution in [-0.4, -0.2) is 24.8 Å². The maximum atomic E-state index is 5.59. The van der Waals surface area contributed by atoms with Gasteiger partial charge in [-0.3, -0.25) is 4.57 Å². The molecule has 0 radical (unpaired) electrons. The molecule has 101 heavy (non-hydrogen) atoms. The van der Waals surface area contributed by atoms with Crippen molar-refractivity contribution in [1.29, 1.82) is 0 Å². The highest BCUT2D eigenvalue weighted by Gasteiger charge is 2.28. The molecule has 1 aliphatic heterocycles. The summed E-state index contributed by atoms with van der Waals surface area (Å²) in [6, 6.07) is 111. The molecule has 0 saturated carbocycles.